The monoisotopic (exact) mass is 231 g/mol. The van der Waals surface area contributed by atoms with Gasteiger partial charge >= 0.3 is 0 Å². The zero-order valence-electron chi connectivity index (χ0n) is 11.2. The maximum atomic E-state index is 6.18. The predicted octanol–water partition coefficient (Wildman–Crippen LogP) is 3.66. The van der Waals surface area contributed by atoms with E-state index in [-0.39, 0.29) is 5.41 Å². The van der Waals surface area contributed by atoms with Gasteiger partial charge in [-0.15, -0.1) is 0 Å². The third-order valence-corrected chi connectivity index (χ3v) is 4.65. The Morgan fingerprint density at radius 1 is 1.35 bits per heavy atom. The molecule has 1 nitrogen and oxygen atoms in total. The molecule has 1 heteroatoms. The molecule has 0 radical (unpaired) electrons. The van der Waals surface area contributed by atoms with Crippen LogP contribution in [0.4, 0.5) is 0 Å². The van der Waals surface area contributed by atoms with Crippen LogP contribution in [0.25, 0.3) is 0 Å². The number of fused-ring (bicyclic) bond motifs is 1. The Morgan fingerprint density at radius 2 is 2.12 bits per heavy atom. The van der Waals surface area contributed by atoms with Gasteiger partial charge < -0.3 is 5.73 Å². The molecule has 0 saturated carbocycles. The highest BCUT2D eigenvalue weighted by molar-refractivity contribution is 5.37. The molecule has 1 aliphatic rings. The number of rotatable bonds is 4. The second-order valence-electron chi connectivity index (χ2n) is 5.56. The summed E-state index contributed by atoms with van der Waals surface area (Å²) in [5, 5.41) is 0. The van der Waals surface area contributed by atoms with Gasteiger partial charge in [0.15, 0.2) is 0 Å². The van der Waals surface area contributed by atoms with Crippen LogP contribution in [-0.4, -0.2) is 6.54 Å². The van der Waals surface area contributed by atoms with E-state index in [9.17, 15) is 0 Å². The second-order valence-corrected chi connectivity index (χ2v) is 5.56. The Bertz CT molecular complexity index is 372. The van der Waals surface area contributed by atoms with Gasteiger partial charge in [0.25, 0.3) is 0 Å². The molecular formula is C16H25N. The first-order chi connectivity index (χ1) is 8.24. The minimum absolute atomic E-state index is 0.241. The van der Waals surface area contributed by atoms with Crippen molar-refractivity contribution in [3.63, 3.8) is 0 Å². The Labute approximate surface area is 105 Å². The fourth-order valence-corrected chi connectivity index (χ4v) is 3.59. The summed E-state index contributed by atoms with van der Waals surface area (Å²) < 4.78 is 0. The largest absolute Gasteiger partial charge is 0.330 e. The van der Waals surface area contributed by atoms with Crippen molar-refractivity contribution in [2.75, 3.05) is 6.54 Å². The Hall–Kier alpha value is -0.820. The van der Waals surface area contributed by atoms with Gasteiger partial charge in [0.05, 0.1) is 0 Å². The third kappa shape index (κ3) is 2.13. The Kier molecular flexibility index (Phi) is 3.88. The summed E-state index contributed by atoms with van der Waals surface area (Å²) in [6.45, 7) is 5.46. The topological polar surface area (TPSA) is 26.0 Å². The minimum atomic E-state index is 0.241. The lowest BCUT2D eigenvalue weighted by molar-refractivity contribution is 0.240. The molecule has 1 aromatic carbocycles. The fourth-order valence-electron chi connectivity index (χ4n) is 3.59. The molecule has 94 valence electrons. The number of aryl methyl sites for hydroxylation is 1. The molecule has 0 heterocycles. The van der Waals surface area contributed by atoms with Crippen LogP contribution in [0.3, 0.4) is 0 Å². The minimum Gasteiger partial charge on any atom is -0.330 e. The summed E-state index contributed by atoms with van der Waals surface area (Å²) >= 11 is 0. The smallest absolute Gasteiger partial charge is 0.0104 e. The molecule has 0 saturated heterocycles. The highest BCUT2D eigenvalue weighted by Crippen LogP contribution is 2.43. The van der Waals surface area contributed by atoms with E-state index in [4.69, 9.17) is 5.73 Å². The van der Waals surface area contributed by atoms with Gasteiger partial charge in [-0.05, 0) is 36.3 Å². The van der Waals surface area contributed by atoms with Crippen LogP contribution >= 0.6 is 0 Å². The van der Waals surface area contributed by atoms with Crippen LogP contribution < -0.4 is 5.73 Å². The summed E-state index contributed by atoms with van der Waals surface area (Å²) in [5.41, 5.74) is 9.50. The highest BCUT2D eigenvalue weighted by atomic mass is 14.6. The second kappa shape index (κ2) is 5.22. The van der Waals surface area contributed by atoms with E-state index in [2.05, 4.69) is 38.1 Å². The first-order valence-electron chi connectivity index (χ1n) is 7.03. The number of hydrogen-bond acceptors (Lipinski definition) is 1. The maximum Gasteiger partial charge on any atom is 0.0104 e. The van der Waals surface area contributed by atoms with Crippen molar-refractivity contribution in [3.8, 4) is 0 Å². The molecule has 0 amide bonds. The number of nitrogens with two attached hydrogens (primary N) is 1. The summed E-state index contributed by atoms with van der Waals surface area (Å²) in [4.78, 5) is 0. The van der Waals surface area contributed by atoms with E-state index in [1.165, 1.54) is 43.2 Å². The van der Waals surface area contributed by atoms with Crippen molar-refractivity contribution in [2.24, 2.45) is 11.7 Å². The first kappa shape index (κ1) is 12.6. The van der Waals surface area contributed by atoms with E-state index in [1.807, 2.05) is 0 Å². The molecule has 2 unspecified atom stereocenters. The van der Waals surface area contributed by atoms with Gasteiger partial charge in [0, 0.05) is 12.0 Å². The number of benzene rings is 1. The van der Waals surface area contributed by atoms with E-state index >= 15 is 0 Å². The molecule has 1 aliphatic carbocycles. The lowest BCUT2D eigenvalue weighted by Gasteiger charge is -2.43. The van der Waals surface area contributed by atoms with E-state index in [0.717, 1.165) is 6.54 Å². The summed E-state index contributed by atoms with van der Waals surface area (Å²) in [6, 6.07) is 8.94. The normalized spacial score (nSPS) is 25.4. The predicted molar refractivity (Wildman–Crippen MR) is 74.2 cm³/mol. The average molecular weight is 231 g/mol. The van der Waals surface area contributed by atoms with Crippen molar-refractivity contribution in [2.45, 2.75) is 51.4 Å². The van der Waals surface area contributed by atoms with Crippen LogP contribution in [0.2, 0.25) is 0 Å². The molecule has 0 aliphatic heterocycles. The lowest BCUT2D eigenvalue weighted by Crippen LogP contribution is -2.43. The molecule has 0 bridgehead atoms. The van der Waals surface area contributed by atoms with Crippen molar-refractivity contribution in [1.82, 2.24) is 0 Å². The summed E-state index contributed by atoms with van der Waals surface area (Å²) in [6.07, 6.45) is 6.33. The molecule has 2 N–H and O–H groups in total. The van der Waals surface area contributed by atoms with Crippen molar-refractivity contribution >= 4 is 0 Å². The molecule has 2 atom stereocenters. The molecular weight excluding hydrogens is 206 g/mol. The van der Waals surface area contributed by atoms with E-state index in [1.54, 1.807) is 0 Å². The Morgan fingerprint density at radius 3 is 2.82 bits per heavy atom. The summed E-state index contributed by atoms with van der Waals surface area (Å²) in [7, 11) is 0. The third-order valence-electron chi connectivity index (χ3n) is 4.65. The molecule has 0 fully saturated rings. The lowest BCUT2D eigenvalue weighted by atomic mass is 9.62. The van der Waals surface area contributed by atoms with Crippen LogP contribution in [0, 0.1) is 5.92 Å². The van der Waals surface area contributed by atoms with E-state index in [0.29, 0.717) is 5.92 Å². The van der Waals surface area contributed by atoms with Gasteiger partial charge in [0.2, 0.25) is 0 Å². The zero-order valence-corrected chi connectivity index (χ0v) is 11.2. The van der Waals surface area contributed by atoms with Crippen molar-refractivity contribution in [1.29, 1.82) is 0 Å². The molecule has 2 rings (SSSR count). The van der Waals surface area contributed by atoms with Crippen molar-refractivity contribution < 1.29 is 0 Å². The first-order valence-corrected chi connectivity index (χ1v) is 7.03. The van der Waals surface area contributed by atoms with Gasteiger partial charge in [-0.25, -0.2) is 0 Å². The standard InChI is InChI=1S/C16H25N/c1-3-7-13(2)16(12-17)11-6-9-14-8-4-5-10-15(14)16/h4-5,8,10,13H,3,6-7,9,11-12,17H2,1-2H3. The van der Waals surface area contributed by atoms with E-state index < -0.39 is 0 Å². The molecule has 0 aromatic heterocycles. The SMILES string of the molecule is CCCC(C)C1(CN)CCCc2ccccc21. The van der Waals surface area contributed by atoms with Crippen LogP contribution in [0.5, 0.6) is 0 Å². The summed E-state index contributed by atoms with van der Waals surface area (Å²) in [5.74, 6) is 0.693. The highest BCUT2D eigenvalue weighted by Gasteiger charge is 2.39. The maximum absolute atomic E-state index is 6.18. The van der Waals surface area contributed by atoms with Gasteiger partial charge in [-0.2, -0.15) is 0 Å². The molecule has 0 spiro atoms. The quantitative estimate of drug-likeness (QED) is 0.841. The Balaban J connectivity index is 2.41. The zero-order chi connectivity index (χ0) is 12.3. The van der Waals surface area contributed by atoms with Gasteiger partial charge in [-0.1, -0.05) is 51.0 Å². The molecule has 17 heavy (non-hydrogen) atoms. The average Bonchev–Trinajstić information content (AvgIpc) is 2.38. The fraction of sp³-hybridized carbons (Fsp3) is 0.625. The molecule has 1 aromatic rings. The van der Waals surface area contributed by atoms with Crippen LogP contribution in [0.1, 0.15) is 50.7 Å². The van der Waals surface area contributed by atoms with Crippen LogP contribution in [-0.2, 0) is 11.8 Å². The van der Waals surface area contributed by atoms with Crippen molar-refractivity contribution in [3.05, 3.63) is 35.4 Å². The number of hydrogen-bond donors (Lipinski definition) is 1. The van der Waals surface area contributed by atoms with Crippen LogP contribution in [0.15, 0.2) is 24.3 Å². The van der Waals surface area contributed by atoms with Gasteiger partial charge in [0.1, 0.15) is 0 Å². The van der Waals surface area contributed by atoms with Gasteiger partial charge in [-0.3, -0.25) is 0 Å².